The lowest BCUT2D eigenvalue weighted by Crippen LogP contribution is -2.06. The SMILES string of the molecule is CC1=C/C(=C(\c2ccc(O)c(C)c2)c2ccccc2C(=O)O)C=CC1=O. The van der Waals surface area contributed by atoms with E-state index in [1.165, 1.54) is 6.08 Å². The summed E-state index contributed by atoms with van der Waals surface area (Å²) in [5.74, 6) is -0.919. The van der Waals surface area contributed by atoms with E-state index >= 15 is 0 Å². The summed E-state index contributed by atoms with van der Waals surface area (Å²) in [6.45, 7) is 3.51. The molecule has 0 spiro atoms. The van der Waals surface area contributed by atoms with Crippen LogP contribution in [0.2, 0.25) is 0 Å². The van der Waals surface area contributed by atoms with Gasteiger partial charge in [0.1, 0.15) is 5.75 Å². The Morgan fingerprint density at radius 3 is 2.27 bits per heavy atom. The maximum Gasteiger partial charge on any atom is 0.336 e. The number of carbonyl (C=O) groups is 2. The number of benzene rings is 2. The van der Waals surface area contributed by atoms with Crippen LogP contribution in [0, 0.1) is 6.92 Å². The summed E-state index contributed by atoms with van der Waals surface area (Å²) in [5.41, 5.74) is 4.23. The van der Waals surface area contributed by atoms with Gasteiger partial charge in [0.05, 0.1) is 5.56 Å². The smallest absolute Gasteiger partial charge is 0.336 e. The van der Waals surface area contributed by atoms with Gasteiger partial charge in [-0.1, -0.05) is 30.3 Å². The number of rotatable bonds is 3. The number of phenols is 1. The number of aryl methyl sites for hydroxylation is 1. The summed E-state index contributed by atoms with van der Waals surface area (Å²) in [6.07, 6.45) is 4.95. The highest BCUT2D eigenvalue weighted by atomic mass is 16.4. The van der Waals surface area contributed by atoms with E-state index in [4.69, 9.17) is 0 Å². The number of carbonyl (C=O) groups excluding carboxylic acids is 1. The molecule has 4 heteroatoms. The number of hydrogen-bond acceptors (Lipinski definition) is 3. The molecule has 2 aromatic rings. The van der Waals surface area contributed by atoms with E-state index in [2.05, 4.69) is 0 Å². The molecule has 2 aromatic carbocycles. The van der Waals surface area contributed by atoms with E-state index in [0.717, 1.165) is 11.1 Å². The highest BCUT2D eigenvalue weighted by molar-refractivity contribution is 6.07. The Hall–Kier alpha value is -3.40. The van der Waals surface area contributed by atoms with Crippen molar-refractivity contribution in [1.82, 2.24) is 0 Å². The summed E-state index contributed by atoms with van der Waals surface area (Å²) >= 11 is 0. The number of aromatic hydroxyl groups is 1. The molecule has 130 valence electrons. The van der Waals surface area contributed by atoms with E-state index in [9.17, 15) is 19.8 Å². The van der Waals surface area contributed by atoms with Crippen LogP contribution in [0.1, 0.15) is 34.0 Å². The Kier molecular flexibility index (Phi) is 4.59. The lowest BCUT2D eigenvalue weighted by atomic mass is 9.86. The van der Waals surface area contributed by atoms with E-state index in [1.807, 2.05) is 6.07 Å². The predicted molar refractivity (Wildman–Crippen MR) is 100 cm³/mol. The fourth-order valence-electron chi connectivity index (χ4n) is 2.98. The van der Waals surface area contributed by atoms with Crippen molar-refractivity contribution in [3.05, 3.63) is 94.1 Å². The molecule has 0 saturated heterocycles. The van der Waals surface area contributed by atoms with Crippen molar-refractivity contribution in [2.75, 3.05) is 0 Å². The number of ketones is 1. The molecule has 0 radical (unpaired) electrons. The average Bonchev–Trinajstić information content (AvgIpc) is 2.61. The van der Waals surface area contributed by atoms with Crippen LogP contribution in [0.5, 0.6) is 5.75 Å². The van der Waals surface area contributed by atoms with E-state index in [-0.39, 0.29) is 17.1 Å². The van der Waals surface area contributed by atoms with Gasteiger partial charge in [0.15, 0.2) is 5.78 Å². The van der Waals surface area contributed by atoms with Gasteiger partial charge in [0, 0.05) is 0 Å². The van der Waals surface area contributed by atoms with Gasteiger partial charge in [-0.2, -0.15) is 0 Å². The van der Waals surface area contributed by atoms with Crippen LogP contribution >= 0.6 is 0 Å². The fraction of sp³-hybridized carbons (Fsp3) is 0.0909. The molecule has 26 heavy (non-hydrogen) atoms. The summed E-state index contributed by atoms with van der Waals surface area (Å²) in [6, 6.07) is 11.9. The largest absolute Gasteiger partial charge is 0.508 e. The van der Waals surface area contributed by atoms with E-state index in [1.54, 1.807) is 62.4 Å². The van der Waals surface area contributed by atoms with Crippen LogP contribution in [0.15, 0.2) is 71.8 Å². The Bertz CT molecular complexity index is 1010. The minimum absolute atomic E-state index is 0.0680. The number of allylic oxidation sites excluding steroid dienone is 5. The highest BCUT2D eigenvalue weighted by Crippen LogP contribution is 2.34. The van der Waals surface area contributed by atoms with Crippen molar-refractivity contribution < 1.29 is 19.8 Å². The molecule has 0 saturated carbocycles. The van der Waals surface area contributed by atoms with Crippen molar-refractivity contribution in [2.45, 2.75) is 13.8 Å². The zero-order valence-electron chi connectivity index (χ0n) is 14.5. The predicted octanol–water partition coefficient (Wildman–Crippen LogP) is 4.29. The van der Waals surface area contributed by atoms with E-state index in [0.29, 0.717) is 22.3 Å². The van der Waals surface area contributed by atoms with Gasteiger partial charge < -0.3 is 10.2 Å². The molecular formula is C22H18O4. The Labute approximate surface area is 151 Å². The number of phenolic OH excluding ortho intramolecular Hbond substituents is 1. The molecule has 1 aliphatic carbocycles. The second-order valence-corrected chi connectivity index (χ2v) is 6.21. The van der Waals surface area contributed by atoms with E-state index < -0.39 is 5.97 Å². The molecule has 0 heterocycles. The van der Waals surface area contributed by atoms with Crippen molar-refractivity contribution in [2.24, 2.45) is 0 Å². The molecule has 0 aromatic heterocycles. The first-order valence-electron chi connectivity index (χ1n) is 8.16. The molecule has 1 aliphatic rings. The molecule has 0 atom stereocenters. The zero-order chi connectivity index (χ0) is 18.8. The topological polar surface area (TPSA) is 74.6 Å². The number of carboxylic acids is 1. The third kappa shape index (κ3) is 3.22. The third-order valence-corrected chi connectivity index (χ3v) is 4.38. The van der Waals surface area contributed by atoms with Gasteiger partial charge >= 0.3 is 5.97 Å². The van der Waals surface area contributed by atoms with Crippen molar-refractivity contribution in [1.29, 1.82) is 0 Å². The Morgan fingerprint density at radius 1 is 0.962 bits per heavy atom. The van der Waals surface area contributed by atoms with Gasteiger partial charge in [0.2, 0.25) is 0 Å². The number of hydrogen-bond donors (Lipinski definition) is 2. The highest BCUT2D eigenvalue weighted by Gasteiger charge is 2.19. The van der Waals surface area contributed by atoms with Crippen molar-refractivity contribution in [3.8, 4) is 5.75 Å². The molecular weight excluding hydrogens is 328 g/mol. The standard InChI is InChI=1S/C22H18O4/c1-13-11-15(7-9-19(13)23)21(16-8-10-20(24)14(2)12-16)17-5-3-4-6-18(17)22(25)26/h3-12,23H,1-2H3,(H,25,26)/b21-16+. The minimum atomic E-state index is -1.02. The average molecular weight is 346 g/mol. The van der Waals surface area contributed by atoms with Crippen molar-refractivity contribution >= 4 is 17.3 Å². The summed E-state index contributed by atoms with van der Waals surface area (Å²) in [7, 11) is 0. The first-order chi connectivity index (χ1) is 12.4. The molecule has 2 N–H and O–H groups in total. The van der Waals surface area contributed by atoms with Crippen LogP contribution in [0.25, 0.3) is 5.57 Å². The number of carboxylic acid groups (broad SMARTS) is 1. The fourth-order valence-corrected chi connectivity index (χ4v) is 2.98. The lowest BCUT2D eigenvalue weighted by Gasteiger charge is -2.17. The normalized spacial score (nSPS) is 15.6. The van der Waals surface area contributed by atoms with Gasteiger partial charge in [-0.05, 0) is 77.6 Å². The Morgan fingerprint density at radius 2 is 1.65 bits per heavy atom. The maximum atomic E-state index is 11.8. The maximum absolute atomic E-state index is 11.8. The molecule has 0 unspecified atom stereocenters. The van der Waals surface area contributed by atoms with Gasteiger partial charge in [-0.15, -0.1) is 0 Å². The summed E-state index contributed by atoms with van der Waals surface area (Å²) in [4.78, 5) is 23.5. The van der Waals surface area contributed by atoms with Crippen LogP contribution in [-0.4, -0.2) is 22.0 Å². The summed E-state index contributed by atoms with van der Waals surface area (Å²) < 4.78 is 0. The van der Waals surface area contributed by atoms with Crippen LogP contribution < -0.4 is 0 Å². The Balaban J connectivity index is 2.35. The second-order valence-electron chi connectivity index (χ2n) is 6.21. The number of aromatic carboxylic acids is 1. The molecule has 4 nitrogen and oxygen atoms in total. The molecule has 0 aliphatic heterocycles. The first-order valence-corrected chi connectivity index (χ1v) is 8.16. The van der Waals surface area contributed by atoms with Gasteiger partial charge in [-0.3, -0.25) is 4.79 Å². The third-order valence-electron chi connectivity index (χ3n) is 4.38. The minimum Gasteiger partial charge on any atom is -0.508 e. The van der Waals surface area contributed by atoms with Crippen LogP contribution in [0.4, 0.5) is 0 Å². The van der Waals surface area contributed by atoms with Gasteiger partial charge in [0.25, 0.3) is 0 Å². The van der Waals surface area contributed by atoms with Crippen LogP contribution in [0.3, 0.4) is 0 Å². The monoisotopic (exact) mass is 346 g/mol. The molecule has 0 amide bonds. The van der Waals surface area contributed by atoms with Crippen LogP contribution in [-0.2, 0) is 4.79 Å². The molecule has 0 fully saturated rings. The summed E-state index contributed by atoms with van der Waals surface area (Å²) in [5, 5.41) is 19.4. The molecule has 0 bridgehead atoms. The van der Waals surface area contributed by atoms with Gasteiger partial charge in [-0.25, -0.2) is 4.79 Å². The van der Waals surface area contributed by atoms with Crippen molar-refractivity contribution in [3.63, 3.8) is 0 Å². The quantitative estimate of drug-likeness (QED) is 0.869. The first kappa shape index (κ1) is 17.4. The molecule has 3 rings (SSSR count). The second kappa shape index (κ2) is 6.84. The zero-order valence-corrected chi connectivity index (χ0v) is 14.5. The lowest BCUT2D eigenvalue weighted by molar-refractivity contribution is -0.111.